The van der Waals surface area contributed by atoms with Crippen molar-refractivity contribution in [3.05, 3.63) is 34.3 Å². The molecule has 19 heavy (non-hydrogen) atoms. The van der Waals surface area contributed by atoms with E-state index >= 15 is 0 Å². The Labute approximate surface area is 124 Å². The standard InChI is InChI=1S/C16H23BrN2/c17-16-4-2-1-3-14(16)12-19-9-7-15(8-10-19)18-11-13-5-6-13/h1-4,13,15,18H,5-12H2. The Morgan fingerprint density at radius 2 is 1.84 bits per heavy atom. The molecule has 2 aliphatic rings. The summed E-state index contributed by atoms with van der Waals surface area (Å²) in [4.78, 5) is 2.58. The Balaban J connectivity index is 1.43. The highest BCUT2D eigenvalue weighted by Crippen LogP contribution is 2.28. The summed E-state index contributed by atoms with van der Waals surface area (Å²) in [5.41, 5.74) is 1.41. The highest BCUT2D eigenvalue weighted by Gasteiger charge is 2.24. The number of hydrogen-bond acceptors (Lipinski definition) is 2. The molecule has 3 heteroatoms. The summed E-state index contributed by atoms with van der Waals surface area (Å²) in [5.74, 6) is 0.998. The van der Waals surface area contributed by atoms with Crippen LogP contribution in [0.25, 0.3) is 0 Å². The van der Waals surface area contributed by atoms with Gasteiger partial charge in [-0.25, -0.2) is 0 Å². The lowest BCUT2D eigenvalue weighted by Gasteiger charge is -2.32. The van der Waals surface area contributed by atoms with Crippen molar-refractivity contribution < 1.29 is 0 Å². The second kappa shape index (κ2) is 6.38. The van der Waals surface area contributed by atoms with Gasteiger partial charge in [-0.05, 0) is 62.9 Å². The number of likely N-dealkylation sites (tertiary alicyclic amines) is 1. The van der Waals surface area contributed by atoms with Gasteiger partial charge in [0.05, 0.1) is 0 Å². The fourth-order valence-electron chi connectivity index (χ4n) is 2.82. The fourth-order valence-corrected chi connectivity index (χ4v) is 3.23. The lowest BCUT2D eigenvalue weighted by molar-refractivity contribution is 0.190. The Morgan fingerprint density at radius 3 is 2.53 bits per heavy atom. The second-order valence-corrected chi connectivity index (χ2v) is 6.85. The lowest BCUT2D eigenvalue weighted by Crippen LogP contribution is -2.42. The van der Waals surface area contributed by atoms with Gasteiger partial charge in [0, 0.05) is 17.1 Å². The zero-order valence-corrected chi connectivity index (χ0v) is 13.0. The lowest BCUT2D eigenvalue weighted by atomic mass is 10.0. The normalized spacial score (nSPS) is 21.7. The van der Waals surface area contributed by atoms with Crippen LogP contribution < -0.4 is 5.32 Å². The number of piperidine rings is 1. The van der Waals surface area contributed by atoms with E-state index in [9.17, 15) is 0 Å². The van der Waals surface area contributed by atoms with Gasteiger partial charge in [-0.3, -0.25) is 4.90 Å². The quantitative estimate of drug-likeness (QED) is 0.893. The van der Waals surface area contributed by atoms with Gasteiger partial charge >= 0.3 is 0 Å². The van der Waals surface area contributed by atoms with Crippen LogP contribution in [0.4, 0.5) is 0 Å². The monoisotopic (exact) mass is 322 g/mol. The Kier molecular flexibility index (Phi) is 4.57. The van der Waals surface area contributed by atoms with Gasteiger partial charge in [0.2, 0.25) is 0 Å². The molecule has 0 unspecified atom stereocenters. The van der Waals surface area contributed by atoms with Gasteiger partial charge in [0.25, 0.3) is 0 Å². The summed E-state index contributed by atoms with van der Waals surface area (Å²) in [7, 11) is 0. The molecule has 0 bridgehead atoms. The molecule has 0 amide bonds. The molecule has 2 nitrogen and oxygen atoms in total. The predicted molar refractivity (Wildman–Crippen MR) is 83.2 cm³/mol. The van der Waals surface area contributed by atoms with Crippen molar-refractivity contribution in [3.63, 3.8) is 0 Å². The molecule has 1 N–H and O–H groups in total. The smallest absolute Gasteiger partial charge is 0.0244 e. The number of halogens is 1. The van der Waals surface area contributed by atoms with Crippen LogP contribution in [0, 0.1) is 5.92 Å². The maximum atomic E-state index is 3.74. The van der Waals surface area contributed by atoms with Crippen LogP contribution in [0.3, 0.4) is 0 Å². The van der Waals surface area contributed by atoms with Crippen LogP contribution in [0.1, 0.15) is 31.2 Å². The van der Waals surface area contributed by atoms with Gasteiger partial charge < -0.3 is 5.32 Å². The van der Waals surface area contributed by atoms with Crippen molar-refractivity contribution >= 4 is 15.9 Å². The van der Waals surface area contributed by atoms with Crippen LogP contribution in [0.5, 0.6) is 0 Å². The first-order chi connectivity index (χ1) is 9.31. The van der Waals surface area contributed by atoms with Gasteiger partial charge in [-0.2, -0.15) is 0 Å². The average molecular weight is 323 g/mol. The van der Waals surface area contributed by atoms with Crippen molar-refractivity contribution in [1.82, 2.24) is 10.2 Å². The maximum Gasteiger partial charge on any atom is 0.0244 e. The summed E-state index contributed by atoms with van der Waals surface area (Å²) < 4.78 is 1.24. The van der Waals surface area contributed by atoms with Crippen LogP contribution in [0.15, 0.2) is 28.7 Å². The van der Waals surface area contributed by atoms with E-state index in [1.54, 1.807) is 0 Å². The third-order valence-electron chi connectivity index (χ3n) is 4.33. The summed E-state index contributed by atoms with van der Waals surface area (Å²) in [5, 5.41) is 3.74. The first kappa shape index (κ1) is 13.6. The minimum absolute atomic E-state index is 0.760. The third kappa shape index (κ3) is 4.04. The molecule has 1 aliphatic heterocycles. The van der Waals surface area contributed by atoms with Crippen molar-refractivity contribution in [2.24, 2.45) is 5.92 Å². The van der Waals surface area contributed by atoms with E-state index in [4.69, 9.17) is 0 Å². The Hall–Kier alpha value is -0.380. The first-order valence-corrected chi connectivity index (χ1v) is 8.30. The summed E-state index contributed by atoms with van der Waals surface area (Å²) >= 11 is 3.64. The molecule has 1 saturated carbocycles. The average Bonchev–Trinajstić information content (AvgIpc) is 3.25. The van der Waals surface area contributed by atoms with Gasteiger partial charge in [-0.1, -0.05) is 34.1 Å². The summed E-state index contributed by atoms with van der Waals surface area (Å²) in [6.07, 6.45) is 5.51. The van der Waals surface area contributed by atoms with Gasteiger partial charge in [-0.15, -0.1) is 0 Å². The van der Waals surface area contributed by atoms with E-state index in [-0.39, 0.29) is 0 Å². The van der Waals surface area contributed by atoms with E-state index < -0.39 is 0 Å². The maximum absolute atomic E-state index is 3.74. The molecule has 1 aliphatic carbocycles. The summed E-state index contributed by atoms with van der Waals surface area (Å²) in [6.45, 7) is 4.79. The zero-order valence-electron chi connectivity index (χ0n) is 11.4. The van der Waals surface area contributed by atoms with E-state index in [0.717, 1.165) is 18.5 Å². The minimum atomic E-state index is 0.760. The Bertz CT molecular complexity index is 409. The molecule has 2 fully saturated rings. The van der Waals surface area contributed by atoms with Crippen molar-refractivity contribution in [3.8, 4) is 0 Å². The van der Waals surface area contributed by atoms with Crippen LogP contribution in [-0.4, -0.2) is 30.6 Å². The number of rotatable bonds is 5. The fraction of sp³-hybridized carbons (Fsp3) is 0.625. The molecule has 0 spiro atoms. The highest BCUT2D eigenvalue weighted by atomic mass is 79.9. The van der Waals surface area contributed by atoms with Crippen LogP contribution in [-0.2, 0) is 6.54 Å². The van der Waals surface area contributed by atoms with Crippen LogP contribution in [0.2, 0.25) is 0 Å². The van der Waals surface area contributed by atoms with Gasteiger partial charge in [0.15, 0.2) is 0 Å². The zero-order chi connectivity index (χ0) is 13.1. The van der Waals surface area contributed by atoms with E-state index in [0.29, 0.717) is 0 Å². The van der Waals surface area contributed by atoms with E-state index in [2.05, 4.69) is 50.4 Å². The topological polar surface area (TPSA) is 15.3 Å². The number of nitrogens with one attached hydrogen (secondary N) is 1. The van der Waals surface area contributed by atoms with Crippen molar-refractivity contribution in [2.75, 3.05) is 19.6 Å². The molecular formula is C16H23BrN2. The Morgan fingerprint density at radius 1 is 1.11 bits per heavy atom. The predicted octanol–water partition coefficient (Wildman–Crippen LogP) is 3.41. The molecule has 1 aromatic rings. The molecule has 1 heterocycles. The third-order valence-corrected chi connectivity index (χ3v) is 5.11. The second-order valence-electron chi connectivity index (χ2n) is 5.99. The number of benzene rings is 1. The molecule has 1 aromatic carbocycles. The molecule has 1 saturated heterocycles. The molecular weight excluding hydrogens is 300 g/mol. The minimum Gasteiger partial charge on any atom is -0.314 e. The molecule has 3 rings (SSSR count). The molecule has 0 aromatic heterocycles. The first-order valence-electron chi connectivity index (χ1n) is 7.50. The molecule has 0 atom stereocenters. The van der Waals surface area contributed by atoms with E-state index in [1.807, 2.05) is 0 Å². The van der Waals surface area contributed by atoms with Crippen molar-refractivity contribution in [1.29, 1.82) is 0 Å². The summed E-state index contributed by atoms with van der Waals surface area (Å²) in [6, 6.07) is 9.34. The van der Waals surface area contributed by atoms with Gasteiger partial charge in [0.1, 0.15) is 0 Å². The van der Waals surface area contributed by atoms with Crippen LogP contribution >= 0.6 is 15.9 Å². The molecule has 0 radical (unpaired) electrons. The number of hydrogen-bond donors (Lipinski definition) is 1. The largest absolute Gasteiger partial charge is 0.314 e. The highest BCUT2D eigenvalue weighted by molar-refractivity contribution is 9.10. The molecule has 104 valence electrons. The SMILES string of the molecule is Brc1ccccc1CN1CCC(NCC2CC2)CC1. The van der Waals surface area contributed by atoms with Crippen molar-refractivity contribution in [2.45, 2.75) is 38.3 Å². The number of nitrogens with zero attached hydrogens (tertiary/aromatic N) is 1. The van der Waals surface area contributed by atoms with E-state index in [1.165, 1.54) is 55.4 Å².